The van der Waals surface area contributed by atoms with E-state index in [4.69, 9.17) is 0 Å². The number of nitrogens with zero attached hydrogens (tertiary/aromatic N) is 2. The number of anilines is 1. The summed E-state index contributed by atoms with van der Waals surface area (Å²) in [5.74, 6) is -0.0536. The van der Waals surface area contributed by atoms with Gasteiger partial charge in [-0.2, -0.15) is 5.10 Å². The molecule has 1 aromatic heterocycles. The molecule has 0 bridgehead atoms. The van der Waals surface area contributed by atoms with E-state index in [0.717, 1.165) is 24.3 Å². The van der Waals surface area contributed by atoms with Crippen molar-refractivity contribution in [3.05, 3.63) is 48.3 Å². The summed E-state index contributed by atoms with van der Waals surface area (Å²) >= 11 is 0. The van der Waals surface area contributed by atoms with Crippen molar-refractivity contribution in [1.29, 1.82) is 0 Å². The van der Waals surface area contributed by atoms with Crippen molar-refractivity contribution in [2.24, 2.45) is 0 Å². The van der Waals surface area contributed by atoms with Gasteiger partial charge < -0.3 is 10.6 Å². The molecule has 1 aromatic carbocycles. The van der Waals surface area contributed by atoms with E-state index in [0.29, 0.717) is 6.04 Å². The lowest BCUT2D eigenvalue weighted by molar-refractivity contribution is -0.114. The second-order valence-electron chi connectivity index (χ2n) is 4.89. The summed E-state index contributed by atoms with van der Waals surface area (Å²) in [5, 5.41) is 10.4. The molecule has 1 amide bonds. The van der Waals surface area contributed by atoms with Crippen LogP contribution in [0.2, 0.25) is 0 Å². The number of aromatic nitrogens is 2. The topological polar surface area (TPSA) is 59.0 Å². The van der Waals surface area contributed by atoms with Gasteiger partial charge in [-0.1, -0.05) is 12.1 Å². The van der Waals surface area contributed by atoms with Crippen LogP contribution in [0.3, 0.4) is 0 Å². The normalized spacial score (nSPS) is 12.1. The fraction of sp³-hybridized carbons (Fsp3) is 0.333. The second kappa shape index (κ2) is 6.86. The Hall–Kier alpha value is -2.14. The molecular weight excluding hydrogens is 252 g/mol. The fourth-order valence-electron chi connectivity index (χ4n) is 2.01. The molecule has 0 aliphatic carbocycles. The molecule has 0 saturated heterocycles. The molecule has 5 nitrogen and oxygen atoms in total. The molecule has 1 atom stereocenters. The molecule has 1 heterocycles. The van der Waals surface area contributed by atoms with E-state index in [1.54, 1.807) is 6.20 Å². The average molecular weight is 272 g/mol. The molecule has 2 rings (SSSR count). The Kier molecular flexibility index (Phi) is 4.90. The van der Waals surface area contributed by atoms with Gasteiger partial charge in [0.15, 0.2) is 0 Å². The van der Waals surface area contributed by atoms with Gasteiger partial charge >= 0.3 is 0 Å². The molecule has 20 heavy (non-hydrogen) atoms. The van der Waals surface area contributed by atoms with E-state index in [2.05, 4.69) is 22.7 Å². The fourth-order valence-corrected chi connectivity index (χ4v) is 2.01. The molecule has 1 unspecified atom stereocenters. The third-order valence-corrected chi connectivity index (χ3v) is 2.92. The predicted molar refractivity (Wildman–Crippen MR) is 79.3 cm³/mol. The number of hydrogen-bond acceptors (Lipinski definition) is 3. The molecule has 5 heteroatoms. The SMILES string of the molecule is CC(=O)Nc1cccc(CNC(C)Cn2cccn2)c1. The van der Waals surface area contributed by atoms with Gasteiger partial charge in [-0.3, -0.25) is 9.48 Å². The maximum absolute atomic E-state index is 11.0. The third kappa shape index (κ3) is 4.51. The van der Waals surface area contributed by atoms with E-state index < -0.39 is 0 Å². The second-order valence-corrected chi connectivity index (χ2v) is 4.89. The van der Waals surface area contributed by atoms with E-state index in [1.807, 2.05) is 41.2 Å². The molecule has 0 aliphatic rings. The van der Waals surface area contributed by atoms with Gasteiger partial charge in [0.25, 0.3) is 0 Å². The van der Waals surface area contributed by atoms with Crippen molar-refractivity contribution in [1.82, 2.24) is 15.1 Å². The number of nitrogens with one attached hydrogen (secondary N) is 2. The number of benzene rings is 1. The summed E-state index contributed by atoms with van der Waals surface area (Å²) in [6.45, 7) is 5.23. The lowest BCUT2D eigenvalue weighted by Crippen LogP contribution is -2.30. The van der Waals surface area contributed by atoms with Crippen LogP contribution in [0.25, 0.3) is 0 Å². The van der Waals surface area contributed by atoms with Crippen molar-refractivity contribution >= 4 is 11.6 Å². The van der Waals surface area contributed by atoms with Crippen molar-refractivity contribution < 1.29 is 4.79 Å². The van der Waals surface area contributed by atoms with Crippen LogP contribution in [-0.4, -0.2) is 21.7 Å². The Morgan fingerprint density at radius 2 is 2.25 bits per heavy atom. The third-order valence-electron chi connectivity index (χ3n) is 2.92. The van der Waals surface area contributed by atoms with Crippen LogP contribution in [0.5, 0.6) is 0 Å². The first-order valence-corrected chi connectivity index (χ1v) is 6.71. The van der Waals surface area contributed by atoms with Crippen molar-refractivity contribution in [3.63, 3.8) is 0 Å². The number of amides is 1. The van der Waals surface area contributed by atoms with Gasteiger partial charge in [0.2, 0.25) is 5.91 Å². The molecule has 0 spiro atoms. The van der Waals surface area contributed by atoms with Gasteiger partial charge in [0, 0.05) is 37.6 Å². The van der Waals surface area contributed by atoms with Gasteiger partial charge in [-0.05, 0) is 30.7 Å². The van der Waals surface area contributed by atoms with E-state index in [9.17, 15) is 4.79 Å². The van der Waals surface area contributed by atoms with Crippen LogP contribution < -0.4 is 10.6 Å². The smallest absolute Gasteiger partial charge is 0.221 e. The van der Waals surface area contributed by atoms with Crippen molar-refractivity contribution in [2.45, 2.75) is 33.0 Å². The Morgan fingerprint density at radius 1 is 1.40 bits per heavy atom. The Labute approximate surface area is 119 Å². The van der Waals surface area contributed by atoms with Crippen LogP contribution in [0.1, 0.15) is 19.4 Å². The molecule has 0 fully saturated rings. The molecule has 2 aromatic rings. The minimum Gasteiger partial charge on any atom is -0.326 e. The highest BCUT2D eigenvalue weighted by molar-refractivity contribution is 5.88. The zero-order valence-electron chi connectivity index (χ0n) is 11.8. The van der Waals surface area contributed by atoms with Crippen LogP contribution in [0.15, 0.2) is 42.7 Å². The minimum absolute atomic E-state index is 0.0536. The van der Waals surface area contributed by atoms with Crippen LogP contribution in [0.4, 0.5) is 5.69 Å². The average Bonchev–Trinajstić information content (AvgIpc) is 2.89. The van der Waals surface area contributed by atoms with Crippen LogP contribution in [-0.2, 0) is 17.9 Å². The van der Waals surface area contributed by atoms with Crippen LogP contribution >= 0.6 is 0 Å². The number of hydrogen-bond donors (Lipinski definition) is 2. The van der Waals surface area contributed by atoms with Gasteiger partial charge in [0.05, 0.1) is 6.54 Å². The van der Waals surface area contributed by atoms with Gasteiger partial charge in [-0.25, -0.2) is 0 Å². The molecule has 0 aliphatic heterocycles. The van der Waals surface area contributed by atoms with E-state index >= 15 is 0 Å². The maximum Gasteiger partial charge on any atom is 0.221 e. The van der Waals surface area contributed by atoms with E-state index in [1.165, 1.54) is 6.92 Å². The zero-order chi connectivity index (χ0) is 14.4. The standard InChI is InChI=1S/C15H20N4O/c1-12(11-19-8-4-7-17-19)16-10-14-5-3-6-15(9-14)18-13(2)20/h3-9,12,16H,10-11H2,1-2H3,(H,18,20). The summed E-state index contributed by atoms with van der Waals surface area (Å²) in [5.41, 5.74) is 1.97. The highest BCUT2D eigenvalue weighted by Crippen LogP contribution is 2.10. The van der Waals surface area contributed by atoms with Crippen LogP contribution in [0, 0.1) is 0 Å². The number of carbonyl (C=O) groups excluding carboxylic acids is 1. The van der Waals surface area contributed by atoms with E-state index in [-0.39, 0.29) is 5.91 Å². The Bertz CT molecular complexity index is 551. The minimum atomic E-state index is -0.0536. The lowest BCUT2D eigenvalue weighted by atomic mass is 10.2. The first-order valence-electron chi connectivity index (χ1n) is 6.71. The Morgan fingerprint density at radius 3 is 2.95 bits per heavy atom. The summed E-state index contributed by atoms with van der Waals surface area (Å²) in [6, 6.07) is 10.1. The monoisotopic (exact) mass is 272 g/mol. The molecule has 2 N–H and O–H groups in total. The first kappa shape index (κ1) is 14.3. The number of carbonyl (C=O) groups is 1. The zero-order valence-corrected chi connectivity index (χ0v) is 11.8. The summed E-state index contributed by atoms with van der Waals surface area (Å²) in [4.78, 5) is 11.0. The molecule has 106 valence electrons. The number of rotatable bonds is 6. The molecule has 0 radical (unpaired) electrons. The first-order chi connectivity index (χ1) is 9.63. The van der Waals surface area contributed by atoms with Crippen molar-refractivity contribution in [3.8, 4) is 0 Å². The largest absolute Gasteiger partial charge is 0.326 e. The van der Waals surface area contributed by atoms with Crippen molar-refractivity contribution in [2.75, 3.05) is 5.32 Å². The summed E-state index contributed by atoms with van der Waals surface area (Å²) in [7, 11) is 0. The maximum atomic E-state index is 11.0. The van der Waals surface area contributed by atoms with Gasteiger partial charge in [-0.15, -0.1) is 0 Å². The lowest BCUT2D eigenvalue weighted by Gasteiger charge is -2.14. The molecular formula is C15H20N4O. The highest BCUT2D eigenvalue weighted by Gasteiger charge is 2.03. The quantitative estimate of drug-likeness (QED) is 0.846. The molecule has 0 saturated carbocycles. The Balaban J connectivity index is 1.85. The summed E-state index contributed by atoms with van der Waals surface area (Å²) < 4.78 is 1.91. The van der Waals surface area contributed by atoms with Gasteiger partial charge in [0.1, 0.15) is 0 Å². The summed E-state index contributed by atoms with van der Waals surface area (Å²) in [6.07, 6.45) is 3.74. The predicted octanol–water partition coefficient (Wildman–Crippen LogP) is 2.02. The highest BCUT2D eigenvalue weighted by atomic mass is 16.1.